The summed E-state index contributed by atoms with van der Waals surface area (Å²) in [7, 11) is 0. The molecule has 6 heteroatoms. The van der Waals surface area contributed by atoms with E-state index >= 15 is 0 Å². The van der Waals surface area contributed by atoms with Gasteiger partial charge in [-0.05, 0) is 18.6 Å². The van der Waals surface area contributed by atoms with E-state index in [1.807, 2.05) is 30.3 Å². The summed E-state index contributed by atoms with van der Waals surface area (Å²) in [6.45, 7) is 1.74. The molecule has 0 spiro atoms. The lowest BCUT2D eigenvalue weighted by Gasteiger charge is -2.20. The van der Waals surface area contributed by atoms with E-state index in [1.165, 1.54) is 10.9 Å². The molecule has 0 aliphatic rings. The van der Waals surface area contributed by atoms with Gasteiger partial charge in [0.15, 0.2) is 5.69 Å². The van der Waals surface area contributed by atoms with Crippen LogP contribution in [0.1, 0.15) is 30.3 Å². The maximum Gasteiger partial charge on any atom is 0.435 e. The van der Waals surface area contributed by atoms with Gasteiger partial charge in [0.2, 0.25) is 0 Å². The molecule has 0 saturated heterocycles. The Morgan fingerprint density at radius 1 is 1.16 bits per heavy atom. The molecule has 0 bridgehead atoms. The second-order valence-corrected chi connectivity index (χ2v) is 4.36. The molecular formula is C13H14F3N3. The van der Waals surface area contributed by atoms with Gasteiger partial charge < -0.3 is 5.73 Å². The van der Waals surface area contributed by atoms with E-state index in [0.29, 0.717) is 0 Å². The van der Waals surface area contributed by atoms with E-state index < -0.39 is 17.9 Å². The Balaban J connectivity index is 2.20. The molecular weight excluding hydrogens is 255 g/mol. The maximum atomic E-state index is 12.5. The fourth-order valence-electron chi connectivity index (χ4n) is 1.83. The highest BCUT2D eigenvalue weighted by molar-refractivity contribution is 5.19. The number of aromatic nitrogens is 2. The number of benzene rings is 1. The summed E-state index contributed by atoms with van der Waals surface area (Å²) in [6, 6.07) is 9.40. The lowest BCUT2D eigenvalue weighted by molar-refractivity contribution is -0.141. The van der Waals surface area contributed by atoms with E-state index in [9.17, 15) is 13.2 Å². The molecule has 2 unspecified atom stereocenters. The van der Waals surface area contributed by atoms with Crippen molar-refractivity contribution in [3.05, 3.63) is 53.9 Å². The van der Waals surface area contributed by atoms with Crippen LogP contribution in [0.2, 0.25) is 0 Å². The molecule has 1 heterocycles. The van der Waals surface area contributed by atoms with Crippen molar-refractivity contribution < 1.29 is 13.2 Å². The minimum Gasteiger partial charge on any atom is -0.322 e. The normalized spacial score (nSPS) is 15.2. The van der Waals surface area contributed by atoms with Crippen molar-refractivity contribution in [3.63, 3.8) is 0 Å². The fourth-order valence-corrected chi connectivity index (χ4v) is 1.83. The first-order valence-corrected chi connectivity index (χ1v) is 5.82. The van der Waals surface area contributed by atoms with Crippen LogP contribution in [0.3, 0.4) is 0 Å². The van der Waals surface area contributed by atoms with Gasteiger partial charge in [-0.25, -0.2) is 0 Å². The molecule has 2 N–H and O–H groups in total. The Hall–Kier alpha value is -1.82. The van der Waals surface area contributed by atoms with E-state index in [1.54, 1.807) is 6.92 Å². The van der Waals surface area contributed by atoms with Gasteiger partial charge in [0.25, 0.3) is 0 Å². The van der Waals surface area contributed by atoms with Crippen molar-refractivity contribution >= 4 is 0 Å². The van der Waals surface area contributed by atoms with Crippen LogP contribution in [0.25, 0.3) is 0 Å². The monoisotopic (exact) mass is 269 g/mol. The maximum absolute atomic E-state index is 12.5. The van der Waals surface area contributed by atoms with Crippen LogP contribution in [0.15, 0.2) is 42.6 Å². The Labute approximate surface area is 108 Å². The minimum atomic E-state index is -4.43. The third kappa shape index (κ3) is 2.96. The molecule has 0 aliphatic carbocycles. The first kappa shape index (κ1) is 13.6. The molecule has 2 aromatic rings. The molecule has 102 valence electrons. The number of hydrogen-bond acceptors (Lipinski definition) is 2. The van der Waals surface area contributed by atoms with Crippen molar-refractivity contribution in [2.24, 2.45) is 5.73 Å². The third-order valence-electron chi connectivity index (χ3n) is 3.02. The van der Waals surface area contributed by atoms with Crippen LogP contribution >= 0.6 is 0 Å². The van der Waals surface area contributed by atoms with Gasteiger partial charge in [0.05, 0.1) is 12.1 Å². The lowest BCUT2D eigenvalue weighted by atomic mass is 10.0. The summed E-state index contributed by atoms with van der Waals surface area (Å²) < 4.78 is 38.7. The molecule has 1 aromatic heterocycles. The zero-order chi connectivity index (χ0) is 14.0. The quantitative estimate of drug-likeness (QED) is 0.930. The van der Waals surface area contributed by atoms with Crippen LogP contribution in [0.4, 0.5) is 13.2 Å². The molecule has 19 heavy (non-hydrogen) atoms. The van der Waals surface area contributed by atoms with Gasteiger partial charge in [0, 0.05) is 6.20 Å². The van der Waals surface area contributed by atoms with Crippen LogP contribution < -0.4 is 5.73 Å². The largest absolute Gasteiger partial charge is 0.435 e. The topological polar surface area (TPSA) is 43.8 Å². The van der Waals surface area contributed by atoms with Crippen LogP contribution in [0.5, 0.6) is 0 Å². The fraction of sp³-hybridized carbons (Fsp3) is 0.308. The lowest BCUT2D eigenvalue weighted by Crippen LogP contribution is -2.23. The first-order valence-electron chi connectivity index (χ1n) is 5.82. The Morgan fingerprint density at radius 2 is 1.79 bits per heavy atom. The van der Waals surface area contributed by atoms with Crippen LogP contribution in [-0.4, -0.2) is 9.78 Å². The van der Waals surface area contributed by atoms with Crippen molar-refractivity contribution in [2.45, 2.75) is 25.2 Å². The highest BCUT2D eigenvalue weighted by Crippen LogP contribution is 2.29. The standard InChI is InChI=1S/C13H14F3N3/c1-9(12(17)10-5-3-2-4-6-10)19-8-7-11(18-19)13(14,15)16/h2-9,12H,17H2,1H3. The summed E-state index contributed by atoms with van der Waals surface area (Å²) >= 11 is 0. The van der Waals surface area contributed by atoms with Crippen molar-refractivity contribution in [1.82, 2.24) is 9.78 Å². The smallest absolute Gasteiger partial charge is 0.322 e. The third-order valence-corrected chi connectivity index (χ3v) is 3.02. The van der Waals surface area contributed by atoms with E-state index in [2.05, 4.69) is 5.10 Å². The summed E-state index contributed by atoms with van der Waals surface area (Å²) in [6.07, 6.45) is -3.13. The van der Waals surface area contributed by atoms with Crippen molar-refractivity contribution in [1.29, 1.82) is 0 Å². The Morgan fingerprint density at radius 3 is 2.32 bits per heavy atom. The van der Waals surface area contributed by atoms with Gasteiger partial charge in [-0.1, -0.05) is 30.3 Å². The highest BCUT2D eigenvalue weighted by Gasteiger charge is 2.34. The predicted octanol–water partition coefficient (Wildman–Crippen LogP) is 3.16. The number of nitrogens with zero attached hydrogens (tertiary/aromatic N) is 2. The summed E-state index contributed by atoms with van der Waals surface area (Å²) in [4.78, 5) is 0. The second kappa shape index (κ2) is 5.05. The molecule has 3 nitrogen and oxygen atoms in total. The SMILES string of the molecule is CC(C(N)c1ccccc1)n1ccc(C(F)(F)F)n1. The molecule has 0 aliphatic heterocycles. The highest BCUT2D eigenvalue weighted by atomic mass is 19.4. The predicted molar refractivity (Wildman–Crippen MR) is 65.3 cm³/mol. The van der Waals surface area contributed by atoms with Crippen molar-refractivity contribution in [2.75, 3.05) is 0 Å². The average Bonchev–Trinajstić information content (AvgIpc) is 2.87. The van der Waals surface area contributed by atoms with Gasteiger partial charge in [-0.15, -0.1) is 0 Å². The number of alkyl halides is 3. The molecule has 2 rings (SSSR count). The van der Waals surface area contributed by atoms with Gasteiger partial charge in [0.1, 0.15) is 0 Å². The second-order valence-electron chi connectivity index (χ2n) is 4.36. The summed E-state index contributed by atoms with van der Waals surface area (Å²) in [5.74, 6) is 0. The number of nitrogens with two attached hydrogens (primary N) is 1. The zero-order valence-corrected chi connectivity index (χ0v) is 10.3. The molecule has 0 fully saturated rings. The Kier molecular flexibility index (Phi) is 3.61. The number of hydrogen-bond donors (Lipinski definition) is 1. The van der Waals surface area contributed by atoms with Crippen molar-refractivity contribution in [3.8, 4) is 0 Å². The molecule has 0 saturated carbocycles. The van der Waals surface area contributed by atoms with E-state index in [-0.39, 0.29) is 6.04 Å². The number of halogens is 3. The van der Waals surface area contributed by atoms with E-state index in [0.717, 1.165) is 11.6 Å². The van der Waals surface area contributed by atoms with Gasteiger partial charge in [-0.2, -0.15) is 18.3 Å². The van der Waals surface area contributed by atoms with Gasteiger partial charge >= 0.3 is 6.18 Å². The first-order chi connectivity index (χ1) is 8.89. The molecule has 2 atom stereocenters. The van der Waals surface area contributed by atoms with E-state index in [4.69, 9.17) is 5.73 Å². The summed E-state index contributed by atoms with van der Waals surface area (Å²) in [5.41, 5.74) is 6.00. The molecule has 1 aromatic carbocycles. The average molecular weight is 269 g/mol. The number of rotatable bonds is 3. The zero-order valence-electron chi connectivity index (χ0n) is 10.3. The molecule has 0 amide bonds. The van der Waals surface area contributed by atoms with Gasteiger partial charge in [-0.3, -0.25) is 4.68 Å². The summed E-state index contributed by atoms with van der Waals surface area (Å²) in [5, 5.41) is 3.54. The minimum absolute atomic E-state index is 0.362. The van der Waals surface area contributed by atoms with Crippen LogP contribution in [-0.2, 0) is 6.18 Å². The van der Waals surface area contributed by atoms with Crippen LogP contribution in [0, 0.1) is 0 Å². The Bertz CT molecular complexity index is 534. The molecule has 0 radical (unpaired) electrons.